The summed E-state index contributed by atoms with van der Waals surface area (Å²) < 4.78 is 7.21. The Balaban J connectivity index is 1.40. The fraction of sp³-hybridized carbons (Fsp3) is 0.765. The van der Waals surface area contributed by atoms with Crippen LogP contribution in [0, 0.1) is 0 Å². The zero-order chi connectivity index (χ0) is 17.4. The summed E-state index contributed by atoms with van der Waals surface area (Å²) in [5.74, 6) is 1.94. The molecule has 8 heteroatoms. The zero-order valence-corrected chi connectivity index (χ0v) is 14.9. The van der Waals surface area contributed by atoms with Crippen LogP contribution in [0.3, 0.4) is 0 Å². The lowest BCUT2D eigenvalue weighted by molar-refractivity contribution is 0.0397. The second kappa shape index (κ2) is 6.49. The molecule has 0 spiro atoms. The second-order valence-electron chi connectivity index (χ2n) is 7.70. The first-order chi connectivity index (χ1) is 12.0. The summed E-state index contributed by atoms with van der Waals surface area (Å²) in [6.07, 6.45) is 7.31. The Hall–Kier alpha value is -1.80. The van der Waals surface area contributed by atoms with Crippen LogP contribution >= 0.6 is 0 Å². The van der Waals surface area contributed by atoms with Gasteiger partial charge in [0.1, 0.15) is 11.3 Å². The molecule has 1 aliphatic carbocycles. The van der Waals surface area contributed by atoms with E-state index < -0.39 is 5.60 Å². The molecule has 4 rings (SSSR count). The molecule has 1 unspecified atom stereocenters. The fourth-order valence-electron chi connectivity index (χ4n) is 3.83. The Bertz CT molecular complexity index is 720. The van der Waals surface area contributed by atoms with Gasteiger partial charge in [-0.25, -0.2) is 4.68 Å². The molecule has 0 radical (unpaired) electrons. The van der Waals surface area contributed by atoms with Gasteiger partial charge in [0.15, 0.2) is 5.82 Å². The van der Waals surface area contributed by atoms with Crippen molar-refractivity contribution in [3.63, 3.8) is 0 Å². The lowest BCUT2D eigenvalue weighted by atomic mass is 10.00. The van der Waals surface area contributed by atoms with Crippen LogP contribution in [0.4, 0.5) is 0 Å². The van der Waals surface area contributed by atoms with E-state index in [4.69, 9.17) is 4.52 Å². The van der Waals surface area contributed by atoms with E-state index in [2.05, 4.69) is 25.4 Å². The molecule has 2 aliphatic rings. The Labute approximate surface area is 147 Å². The quantitative estimate of drug-likeness (QED) is 0.885. The lowest BCUT2D eigenvalue weighted by Gasteiger charge is -2.20. The van der Waals surface area contributed by atoms with Gasteiger partial charge < -0.3 is 9.63 Å². The van der Waals surface area contributed by atoms with Crippen molar-refractivity contribution < 1.29 is 9.63 Å². The first-order valence-electron chi connectivity index (χ1n) is 9.23. The van der Waals surface area contributed by atoms with Gasteiger partial charge in [-0.1, -0.05) is 23.2 Å². The Morgan fingerprint density at radius 3 is 2.88 bits per heavy atom. The van der Waals surface area contributed by atoms with Gasteiger partial charge in [0, 0.05) is 25.0 Å². The smallest absolute Gasteiger partial charge is 0.240 e. The number of hydrogen-bond acceptors (Lipinski definition) is 7. The molecular weight excluding hydrogens is 320 g/mol. The molecule has 2 aromatic rings. The molecule has 0 amide bonds. The predicted octanol–water partition coefficient (Wildman–Crippen LogP) is 1.99. The van der Waals surface area contributed by atoms with Gasteiger partial charge in [0.05, 0.1) is 12.7 Å². The van der Waals surface area contributed by atoms with E-state index in [9.17, 15) is 5.11 Å². The second-order valence-corrected chi connectivity index (χ2v) is 7.70. The maximum Gasteiger partial charge on any atom is 0.240 e. The number of likely N-dealkylation sites (tertiary alicyclic amines) is 1. The molecule has 1 N–H and O–H groups in total. The van der Waals surface area contributed by atoms with Crippen molar-refractivity contribution in [2.75, 3.05) is 13.1 Å². The summed E-state index contributed by atoms with van der Waals surface area (Å²) in [5, 5.41) is 23.4. The molecule has 2 aromatic heterocycles. The van der Waals surface area contributed by atoms with E-state index in [0.717, 1.165) is 25.2 Å². The van der Waals surface area contributed by atoms with Crippen LogP contribution in [-0.4, -0.2) is 48.2 Å². The molecule has 0 aromatic carbocycles. The van der Waals surface area contributed by atoms with E-state index in [1.165, 1.54) is 12.8 Å². The summed E-state index contributed by atoms with van der Waals surface area (Å²) in [7, 11) is 0. The van der Waals surface area contributed by atoms with Gasteiger partial charge >= 0.3 is 0 Å². The first kappa shape index (κ1) is 16.7. The normalized spacial score (nSPS) is 25.4. The number of aliphatic hydroxyl groups is 1. The minimum atomic E-state index is -0.957. The predicted molar refractivity (Wildman–Crippen MR) is 89.7 cm³/mol. The van der Waals surface area contributed by atoms with E-state index in [1.807, 2.05) is 20.0 Å². The number of nitrogens with zero attached hydrogens (tertiary/aromatic N) is 6. The first-order valence-corrected chi connectivity index (χ1v) is 9.23. The van der Waals surface area contributed by atoms with Crippen LogP contribution in [0.15, 0.2) is 10.7 Å². The highest BCUT2D eigenvalue weighted by Crippen LogP contribution is 2.33. The SMILES string of the molecule is CC(C)n1cc(C2(O)CCN(Cc3nc(C4CCCC4)no3)C2)nn1. The molecule has 25 heavy (non-hydrogen) atoms. The summed E-state index contributed by atoms with van der Waals surface area (Å²) >= 11 is 0. The van der Waals surface area contributed by atoms with Crippen LogP contribution < -0.4 is 0 Å². The van der Waals surface area contributed by atoms with E-state index in [1.54, 1.807) is 4.68 Å². The van der Waals surface area contributed by atoms with E-state index in [0.29, 0.717) is 37.0 Å². The van der Waals surface area contributed by atoms with Gasteiger partial charge in [0.2, 0.25) is 5.89 Å². The topological polar surface area (TPSA) is 93.1 Å². The van der Waals surface area contributed by atoms with Gasteiger partial charge in [-0.3, -0.25) is 4.90 Å². The van der Waals surface area contributed by atoms with Crippen molar-refractivity contribution in [2.24, 2.45) is 0 Å². The van der Waals surface area contributed by atoms with Crippen LogP contribution in [-0.2, 0) is 12.1 Å². The van der Waals surface area contributed by atoms with Crippen molar-refractivity contribution in [3.05, 3.63) is 23.6 Å². The minimum Gasteiger partial charge on any atom is -0.382 e. The van der Waals surface area contributed by atoms with Gasteiger partial charge in [-0.2, -0.15) is 4.98 Å². The van der Waals surface area contributed by atoms with E-state index in [-0.39, 0.29) is 6.04 Å². The maximum absolute atomic E-state index is 11.0. The molecular formula is C17H26N6O2. The average molecular weight is 346 g/mol. The molecule has 8 nitrogen and oxygen atoms in total. The average Bonchev–Trinajstić information content (AvgIpc) is 3.35. The summed E-state index contributed by atoms with van der Waals surface area (Å²) in [6.45, 7) is 5.93. The Morgan fingerprint density at radius 2 is 2.16 bits per heavy atom. The van der Waals surface area contributed by atoms with Crippen LogP contribution in [0.5, 0.6) is 0 Å². The van der Waals surface area contributed by atoms with Crippen molar-refractivity contribution in [1.82, 2.24) is 30.0 Å². The van der Waals surface area contributed by atoms with Crippen LogP contribution in [0.1, 0.15) is 75.3 Å². The Kier molecular flexibility index (Phi) is 4.33. The number of β-amino-alcohol motifs (C(OH)–C–C–N with tert-alkyl or cyclic N) is 1. The molecule has 3 heterocycles. The number of hydrogen-bond donors (Lipinski definition) is 1. The van der Waals surface area contributed by atoms with Gasteiger partial charge in [-0.05, 0) is 33.1 Å². The third-order valence-corrected chi connectivity index (χ3v) is 5.41. The van der Waals surface area contributed by atoms with Crippen molar-refractivity contribution >= 4 is 0 Å². The molecule has 1 atom stereocenters. The van der Waals surface area contributed by atoms with Crippen LogP contribution in [0.25, 0.3) is 0 Å². The summed E-state index contributed by atoms with van der Waals surface area (Å²) in [6, 6.07) is 0.231. The minimum absolute atomic E-state index is 0.231. The number of rotatable bonds is 5. The molecule has 0 bridgehead atoms. The van der Waals surface area contributed by atoms with Gasteiger partial charge in [-0.15, -0.1) is 5.10 Å². The third-order valence-electron chi connectivity index (χ3n) is 5.41. The summed E-state index contributed by atoms with van der Waals surface area (Å²) in [4.78, 5) is 6.71. The zero-order valence-electron chi connectivity index (χ0n) is 14.9. The monoisotopic (exact) mass is 346 g/mol. The highest BCUT2D eigenvalue weighted by Gasteiger charge is 2.40. The molecule has 136 valence electrons. The third kappa shape index (κ3) is 3.32. The van der Waals surface area contributed by atoms with Crippen molar-refractivity contribution in [3.8, 4) is 0 Å². The molecule has 1 saturated carbocycles. The molecule has 1 aliphatic heterocycles. The van der Waals surface area contributed by atoms with Gasteiger partial charge in [0.25, 0.3) is 0 Å². The highest BCUT2D eigenvalue weighted by molar-refractivity contribution is 5.11. The fourth-order valence-corrected chi connectivity index (χ4v) is 3.83. The largest absolute Gasteiger partial charge is 0.382 e. The van der Waals surface area contributed by atoms with Crippen molar-refractivity contribution in [2.45, 2.75) is 70.1 Å². The number of aromatic nitrogens is 5. The standard InChI is InChI=1S/C17H26N6O2/c1-12(2)23-9-14(19-21-23)17(24)7-8-22(11-17)10-15-18-16(20-25-15)13-5-3-4-6-13/h9,12-13,24H,3-8,10-11H2,1-2H3. The lowest BCUT2D eigenvalue weighted by Crippen LogP contribution is -2.31. The van der Waals surface area contributed by atoms with Crippen LogP contribution in [0.2, 0.25) is 0 Å². The maximum atomic E-state index is 11.0. The van der Waals surface area contributed by atoms with E-state index >= 15 is 0 Å². The molecule has 1 saturated heterocycles. The molecule has 2 fully saturated rings. The Morgan fingerprint density at radius 1 is 1.36 bits per heavy atom. The highest BCUT2D eigenvalue weighted by atomic mass is 16.5. The summed E-state index contributed by atoms with van der Waals surface area (Å²) in [5.41, 5.74) is -0.317. The van der Waals surface area contributed by atoms with Crippen molar-refractivity contribution in [1.29, 1.82) is 0 Å².